The van der Waals surface area contributed by atoms with Gasteiger partial charge in [-0.1, -0.05) is 13.0 Å². The van der Waals surface area contributed by atoms with Gasteiger partial charge in [0, 0.05) is 4.88 Å². The van der Waals surface area contributed by atoms with Crippen LogP contribution in [0.5, 0.6) is 5.75 Å². The minimum atomic E-state index is -0.368. The average molecular weight is 466 g/mol. The molecule has 1 aromatic heterocycles. The van der Waals surface area contributed by atoms with Crippen molar-refractivity contribution in [3.8, 4) is 5.75 Å². The zero-order chi connectivity index (χ0) is 20.3. The third-order valence-electron chi connectivity index (χ3n) is 4.69. The normalized spacial score (nSPS) is 15.6. The smallest absolute Gasteiger partial charge is 0.341 e. The molecule has 2 aromatic rings. The maximum atomic E-state index is 12.5. The Bertz CT molecular complexity index is 893. The van der Waals surface area contributed by atoms with Crippen LogP contribution in [0.2, 0.25) is 0 Å². The molecule has 28 heavy (non-hydrogen) atoms. The number of aryl methyl sites for hydroxylation is 1. The van der Waals surface area contributed by atoms with Gasteiger partial charge in [-0.05, 0) is 78.2 Å². The first-order chi connectivity index (χ1) is 13.4. The Hall–Kier alpha value is -1.86. The van der Waals surface area contributed by atoms with Gasteiger partial charge in [0.1, 0.15) is 10.8 Å². The van der Waals surface area contributed by atoms with Gasteiger partial charge in [0.05, 0.1) is 16.6 Å². The number of fused-ring (bicyclic) bond motifs is 1. The molecular weight excluding hydrogens is 442 g/mol. The van der Waals surface area contributed by atoms with Crippen LogP contribution in [0.4, 0.5) is 5.00 Å². The summed E-state index contributed by atoms with van der Waals surface area (Å²) in [7, 11) is 0. The Morgan fingerprint density at radius 2 is 2.14 bits per heavy atom. The lowest BCUT2D eigenvalue weighted by atomic mass is 9.88. The van der Waals surface area contributed by atoms with Crippen molar-refractivity contribution in [3.63, 3.8) is 0 Å². The van der Waals surface area contributed by atoms with Gasteiger partial charge in [-0.3, -0.25) is 4.79 Å². The highest BCUT2D eigenvalue weighted by Gasteiger charge is 2.29. The van der Waals surface area contributed by atoms with E-state index >= 15 is 0 Å². The maximum absolute atomic E-state index is 12.5. The average Bonchev–Trinajstić information content (AvgIpc) is 2.97. The van der Waals surface area contributed by atoms with Crippen LogP contribution in [0.1, 0.15) is 46.6 Å². The molecule has 1 atom stereocenters. The lowest BCUT2D eigenvalue weighted by molar-refractivity contribution is -0.118. The molecule has 0 saturated heterocycles. The quantitative estimate of drug-likeness (QED) is 0.599. The number of carbonyl (C=O) groups is 2. The van der Waals surface area contributed by atoms with Crippen molar-refractivity contribution in [2.45, 2.75) is 40.0 Å². The molecule has 0 radical (unpaired) electrons. The molecule has 1 aromatic carbocycles. The molecule has 0 unspecified atom stereocenters. The van der Waals surface area contributed by atoms with Crippen molar-refractivity contribution in [3.05, 3.63) is 44.2 Å². The molecule has 0 aliphatic heterocycles. The summed E-state index contributed by atoms with van der Waals surface area (Å²) < 4.78 is 11.7. The number of amides is 1. The largest absolute Gasteiger partial charge is 0.483 e. The van der Waals surface area contributed by atoms with Gasteiger partial charge >= 0.3 is 5.97 Å². The summed E-state index contributed by atoms with van der Waals surface area (Å²) in [5, 5.41) is 3.43. The molecule has 0 saturated carbocycles. The van der Waals surface area contributed by atoms with Crippen LogP contribution in [0.25, 0.3) is 0 Å². The van der Waals surface area contributed by atoms with E-state index < -0.39 is 0 Å². The molecule has 5 nitrogen and oxygen atoms in total. The van der Waals surface area contributed by atoms with Gasteiger partial charge in [-0.25, -0.2) is 4.79 Å². The summed E-state index contributed by atoms with van der Waals surface area (Å²) in [5.74, 6) is 0.509. The number of thiophene rings is 1. The van der Waals surface area contributed by atoms with E-state index in [1.807, 2.05) is 25.1 Å². The fraction of sp³-hybridized carbons (Fsp3) is 0.429. The summed E-state index contributed by atoms with van der Waals surface area (Å²) >= 11 is 4.92. The Labute approximate surface area is 177 Å². The summed E-state index contributed by atoms with van der Waals surface area (Å²) in [6, 6.07) is 5.67. The minimum Gasteiger partial charge on any atom is -0.483 e. The van der Waals surface area contributed by atoms with E-state index in [0.717, 1.165) is 34.9 Å². The third-order valence-corrected chi connectivity index (χ3v) is 6.48. The standard InChI is InChI=1S/C21H24BrNO4S/c1-4-26-21(25)19-14-7-5-13(3)10-17(14)28-20(19)23-18(24)11-27-16-8-6-12(2)9-15(16)22/h6,8-9,13H,4-5,7,10-11H2,1-3H3,(H,23,24)/t13-/m0/s1. The maximum Gasteiger partial charge on any atom is 0.341 e. The fourth-order valence-corrected chi connectivity index (χ4v) is 5.31. The number of hydrogen-bond acceptors (Lipinski definition) is 5. The van der Waals surface area contributed by atoms with Crippen LogP contribution in [-0.4, -0.2) is 25.1 Å². The van der Waals surface area contributed by atoms with Crippen LogP contribution in [0.15, 0.2) is 22.7 Å². The van der Waals surface area contributed by atoms with Crippen molar-refractivity contribution in [2.75, 3.05) is 18.5 Å². The highest BCUT2D eigenvalue weighted by Crippen LogP contribution is 2.40. The molecule has 150 valence electrons. The summed E-state index contributed by atoms with van der Waals surface area (Å²) in [6.07, 6.45) is 2.80. The molecular formula is C21H24BrNO4S. The molecule has 1 N–H and O–H groups in total. The molecule has 1 amide bonds. The molecule has 1 aliphatic rings. The number of halogens is 1. The summed E-state index contributed by atoms with van der Waals surface area (Å²) in [6.45, 7) is 6.14. The van der Waals surface area contributed by atoms with Crippen molar-refractivity contribution in [1.29, 1.82) is 0 Å². The van der Waals surface area contributed by atoms with Crippen molar-refractivity contribution in [1.82, 2.24) is 0 Å². The molecule has 0 fully saturated rings. The Kier molecular flexibility index (Phi) is 6.78. The van der Waals surface area contributed by atoms with Crippen molar-refractivity contribution in [2.24, 2.45) is 5.92 Å². The Morgan fingerprint density at radius 3 is 2.86 bits per heavy atom. The second-order valence-corrected chi connectivity index (χ2v) is 9.01. The van der Waals surface area contributed by atoms with Crippen molar-refractivity contribution < 1.29 is 19.1 Å². The van der Waals surface area contributed by atoms with Gasteiger partial charge in [0.2, 0.25) is 0 Å². The van der Waals surface area contributed by atoms with Gasteiger partial charge < -0.3 is 14.8 Å². The number of ether oxygens (including phenoxy) is 2. The molecule has 1 aliphatic carbocycles. The number of nitrogens with one attached hydrogen (secondary N) is 1. The molecule has 1 heterocycles. The highest BCUT2D eigenvalue weighted by molar-refractivity contribution is 9.10. The fourth-order valence-electron chi connectivity index (χ4n) is 3.29. The lowest BCUT2D eigenvalue weighted by Gasteiger charge is -2.18. The van der Waals surface area contributed by atoms with E-state index in [2.05, 4.69) is 28.2 Å². The van der Waals surface area contributed by atoms with Gasteiger partial charge in [0.25, 0.3) is 5.91 Å². The topological polar surface area (TPSA) is 64.6 Å². The first-order valence-corrected chi connectivity index (χ1v) is 11.0. The van der Waals surface area contributed by atoms with Crippen molar-refractivity contribution >= 4 is 44.1 Å². The molecule has 3 rings (SSSR count). The summed E-state index contributed by atoms with van der Waals surface area (Å²) in [4.78, 5) is 26.2. The van der Waals surface area contributed by atoms with Crippen LogP contribution < -0.4 is 10.1 Å². The van der Waals surface area contributed by atoms with Gasteiger partial charge in [-0.2, -0.15) is 0 Å². The molecule has 0 spiro atoms. The Balaban J connectivity index is 1.75. The number of rotatable bonds is 6. The number of esters is 1. The van der Waals surface area contributed by atoms with Crippen LogP contribution >= 0.6 is 27.3 Å². The summed E-state index contributed by atoms with van der Waals surface area (Å²) in [5.41, 5.74) is 2.64. The van der Waals surface area contributed by atoms with Gasteiger partial charge in [0.15, 0.2) is 6.61 Å². The first kappa shape index (κ1) is 20.9. The second-order valence-electron chi connectivity index (χ2n) is 7.05. The Morgan fingerprint density at radius 1 is 1.36 bits per heavy atom. The highest BCUT2D eigenvalue weighted by atomic mass is 79.9. The number of anilines is 1. The monoisotopic (exact) mass is 465 g/mol. The number of hydrogen-bond donors (Lipinski definition) is 1. The number of benzene rings is 1. The van der Waals surface area contributed by atoms with E-state index in [0.29, 0.717) is 28.8 Å². The van der Waals surface area contributed by atoms with Crippen LogP contribution in [0.3, 0.4) is 0 Å². The van der Waals surface area contributed by atoms with E-state index in [-0.39, 0.29) is 18.5 Å². The number of carbonyl (C=O) groups excluding carboxylic acids is 2. The van der Waals surface area contributed by atoms with E-state index in [4.69, 9.17) is 9.47 Å². The molecule has 7 heteroatoms. The second kappa shape index (κ2) is 9.09. The zero-order valence-electron chi connectivity index (χ0n) is 16.3. The van der Waals surface area contributed by atoms with Crippen LogP contribution in [-0.2, 0) is 22.4 Å². The molecule has 0 bridgehead atoms. The van der Waals surface area contributed by atoms with E-state index in [1.54, 1.807) is 6.92 Å². The predicted molar refractivity (Wildman–Crippen MR) is 114 cm³/mol. The van der Waals surface area contributed by atoms with E-state index in [9.17, 15) is 9.59 Å². The predicted octanol–water partition coefficient (Wildman–Crippen LogP) is 5.14. The first-order valence-electron chi connectivity index (χ1n) is 9.39. The minimum absolute atomic E-state index is 0.136. The third kappa shape index (κ3) is 4.75. The van der Waals surface area contributed by atoms with E-state index in [1.165, 1.54) is 16.2 Å². The lowest BCUT2D eigenvalue weighted by Crippen LogP contribution is -2.21. The zero-order valence-corrected chi connectivity index (χ0v) is 18.7. The van der Waals surface area contributed by atoms with Crippen LogP contribution in [0, 0.1) is 12.8 Å². The SMILES string of the molecule is CCOC(=O)c1c(NC(=O)COc2ccc(C)cc2Br)sc2c1CC[C@H](C)C2. The van der Waals surface area contributed by atoms with Gasteiger partial charge in [-0.15, -0.1) is 11.3 Å².